The number of nitrogens with two attached hydrogens (primary N) is 1. The Kier molecular flexibility index (Phi) is 4.09. The van der Waals surface area contributed by atoms with Crippen molar-refractivity contribution in [2.24, 2.45) is 5.73 Å². The molecule has 140 valence electrons. The van der Waals surface area contributed by atoms with E-state index in [4.69, 9.17) is 15.2 Å². The number of hydrogen-bond donors (Lipinski definition) is 1. The number of hydrogen-bond acceptors (Lipinski definition) is 4. The molecule has 1 spiro atoms. The van der Waals surface area contributed by atoms with E-state index in [1.807, 2.05) is 12.1 Å². The summed E-state index contributed by atoms with van der Waals surface area (Å²) in [5.41, 5.74) is 7.38. The van der Waals surface area contributed by atoms with Gasteiger partial charge >= 0.3 is 0 Å². The molecule has 26 heavy (non-hydrogen) atoms. The second kappa shape index (κ2) is 5.97. The van der Waals surface area contributed by atoms with Gasteiger partial charge in [0.05, 0.1) is 26.1 Å². The molecule has 0 saturated carbocycles. The number of rotatable bonds is 3. The lowest BCUT2D eigenvalue weighted by Crippen LogP contribution is -2.51. The maximum Gasteiger partial charge on any atom is 0.272 e. The summed E-state index contributed by atoms with van der Waals surface area (Å²) in [4.78, 5) is 11.7. The van der Waals surface area contributed by atoms with Crippen molar-refractivity contribution in [2.75, 3.05) is 27.2 Å². The molecular weight excluding hydrogens is 400 g/mol. The minimum atomic E-state index is -0.757. The van der Waals surface area contributed by atoms with Crippen LogP contribution in [0.3, 0.4) is 0 Å². The average molecular weight is 423 g/mol. The van der Waals surface area contributed by atoms with Gasteiger partial charge in [0, 0.05) is 22.0 Å². The number of primary amides is 1. The third kappa shape index (κ3) is 2.56. The second-order valence-corrected chi connectivity index (χ2v) is 8.75. The van der Waals surface area contributed by atoms with Gasteiger partial charge in [0.1, 0.15) is 12.6 Å². The standard InChI is InChI=1S/C19H23BrN2O4/c1-22(10-16(21)24)6-5-19-4-3-11(23)7-15(19)26-18-14(25-2)8-13(20)12(9-22)17(18)19/h3-4,8,11,15H,5-7,9-10H2,1-2H3,(H2,21,24)/t11-,15-,19?,22?/m0/s1. The van der Waals surface area contributed by atoms with E-state index in [1.165, 1.54) is 0 Å². The van der Waals surface area contributed by atoms with Crippen molar-refractivity contribution >= 4 is 21.8 Å². The maximum atomic E-state index is 12.1. The Morgan fingerprint density at radius 2 is 2.35 bits per heavy atom. The zero-order chi connectivity index (χ0) is 18.7. The highest BCUT2D eigenvalue weighted by atomic mass is 79.9. The molecule has 0 fully saturated rings. The molecule has 1 aliphatic carbocycles. The first-order valence-electron chi connectivity index (χ1n) is 8.81. The fourth-order valence-corrected chi connectivity index (χ4v) is 5.32. The number of amides is 1. The first-order chi connectivity index (χ1) is 12.3. The van der Waals surface area contributed by atoms with Gasteiger partial charge in [-0.15, -0.1) is 12.2 Å². The third-order valence-electron chi connectivity index (χ3n) is 6.02. The molecule has 4 atom stereocenters. The Morgan fingerprint density at radius 1 is 1.58 bits per heavy atom. The Balaban J connectivity index is 1.93. The van der Waals surface area contributed by atoms with Crippen LogP contribution in [0.25, 0.3) is 0 Å². The number of halogens is 1. The Hall–Kier alpha value is -1.57. The summed E-state index contributed by atoms with van der Waals surface area (Å²) in [6.07, 6.45) is 4.07. The van der Waals surface area contributed by atoms with Gasteiger partial charge in [-0.2, -0.15) is 0 Å². The lowest BCUT2D eigenvalue weighted by molar-refractivity contribution is -0.914. The molecule has 3 aliphatic rings. The predicted octanol–water partition coefficient (Wildman–Crippen LogP) is 0.981. The van der Waals surface area contributed by atoms with Crippen molar-refractivity contribution in [3.63, 3.8) is 0 Å². The van der Waals surface area contributed by atoms with E-state index in [9.17, 15) is 9.90 Å². The van der Waals surface area contributed by atoms with Crippen molar-refractivity contribution in [3.8, 4) is 11.5 Å². The van der Waals surface area contributed by atoms with Gasteiger partial charge in [-0.3, -0.25) is 4.79 Å². The van der Waals surface area contributed by atoms with Crippen LogP contribution in [0.15, 0.2) is 22.7 Å². The molecule has 4 rings (SSSR count). The monoisotopic (exact) mass is 422 g/mol. The van der Waals surface area contributed by atoms with E-state index in [2.05, 4.69) is 23.0 Å². The molecule has 2 heterocycles. The normalized spacial score (nSPS) is 34.5. The smallest absolute Gasteiger partial charge is 0.272 e. The summed E-state index contributed by atoms with van der Waals surface area (Å²) in [7, 11) is 3.68. The van der Waals surface area contributed by atoms with Crippen molar-refractivity contribution in [1.29, 1.82) is 0 Å². The van der Waals surface area contributed by atoms with Crippen LogP contribution in [0, 0.1) is 0 Å². The quantitative estimate of drug-likeness (QED) is 0.581. The van der Waals surface area contributed by atoms with Crippen LogP contribution in [0.5, 0.6) is 11.5 Å². The number of methoxy groups -OCH3 is 1. The summed E-state index contributed by atoms with van der Waals surface area (Å²) in [6.45, 7) is 1.73. The summed E-state index contributed by atoms with van der Waals surface area (Å²) >= 11 is 3.69. The molecule has 1 aromatic rings. The first kappa shape index (κ1) is 17.8. The minimum absolute atomic E-state index is 0.202. The molecule has 2 aliphatic heterocycles. The van der Waals surface area contributed by atoms with Gasteiger partial charge in [0.25, 0.3) is 5.91 Å². The van der Waals surface area contributed by atoms with Crippen LogP contribution < -0.4 is 20.3 Å². The van der Waals surface area contributed by atoms with Crippen molar-refractivity contribution in [3.05, 3.63) is 33.8 Å². The molecule has 0 aromatic heterocycles. The molecule has 2 N–H and O–H groups in total. The molecule has 1 amide bonds. The highest BCUT2D eigenvalue weighted by Gasteiger charge is 2.54. The lowest BCUT2D eigenvalue weighted by atomic mass is 9.69. The number of benzene rings is 1. The summed E-state index contributed by atoms with van der Waals surface area (Å²) in [5, 5.41) is 12.1. The highest BCUT2D eigenvalue weighted by Crippen LogP contribution is 2.57. The van der Waals surface area contributed by atoms with E-state index in [0.717, 1.165) is 34.3 Å². The molecule has 7 heteroatoms. The summed E-state index contributed by atoms with van der Waals surface area (Å²) in [5.74, 6) is 1.10. The molecular formula is C19H23BrN2O4. The fraction of sp³-hybridized carbons (Fsp3) is 0.526. The number of likely N-dealkylation sites (N-methyl/N-ethyl adjacent to an activating group) is 1. The Morgan fingerprint density at radius 3 is 3.04 bits per heavy atom. The van der Waals surface area contributed by atoms with Crippen molar-refractivity contribution < 1.29 is 23.9 Å². The molecule has 0 bridgehead atoms. The Labute approximate surface area is 161 Å². The van der Waals surface area contributed by atoms with Crippen LogP contribution in [0.4, 0.5) is 0 Å². The molecule has 0 saturated heterocycles. The number of ether oxygens (including phenoxy) is 2. The van der Waals surface area contributed by atoms with Crippen LogP contribution in [-0.4, -0.2) is 49.8 Å². The van der Waals surface area contributed by atoms with Gasteiger partial charge in [0.2, 0.25) is 0 Å². The number of carbonyl (C=O) groups is 1. The topological polar surface area (TPSA) is 84.6 Å². The fourth-order valence-electron chi connectivity index (χ4n) is 4.79. The zero-order valence-electron chi connectivity index (χ0n) is 15.0. The summed E-state index contributed by atoms with van der Waals surface area (Å²) in [6, 6.07) is 1.91. The van der Waals surface area contributed by atoms with Gasteiger partial charge in [-0.1, -0.05) is 22.0 Å². The van der Waals surface area contributed by atoms with Crippen LogP contribution in [0.2, 0.25) is 0 Å². The van der Waals surface area contributed by atoms with Crippen LogP contribution in [-0.2, 0) is 16.8 Å². The van der Waals surface area contributed by atoms with Crippen LogP contribution in [0.1, 0.15) is 24.0 Å². The average Bonchev–Trinajstić information content (AvgIpc) is 2.82. The number of quaternary nitrogens is 1. The van der Waals surface area contributed by atoms with Crippen molar-refractivity contribution in [2.45, 2.75) is 37.0 Å². The van der Waals surface area contributed by atoms with E-state index in [-0.39, 0.29) is 24.0 Å². The van der Waals surface area contributed by atoms with Gasteiger partial charge in [-0.05, 0) is 12.5 Å². The second-order valence-electron chi connectivity index (χ2n) is 7.90. The molecule has 2 unspecified atom stereocenters. The Bertz CT molecular complexity index is 811. The van der Waals surface area contributed by atoms with E-state index in [1.54, 1.807) is 13.2 Å². The lowest BCUT2D eigenvalue weighted by Gasteiger charge is -2.39. The third-order valence-corrected chi connectivity index (χ3v) is 6.72. The largest absolute Gasteiger partial charge is 0.849 e. The van der Waals surface area contributed by atoms with E-state index < -0.39 is 6.10 Å². The van der Waals surface area contributed by atoms with E-state index >= 15 is 0 Å². The number of carbonyl (C=O) groups excluding carboxylic acids is 1. The van der Waals surface area contributed by atoms with Gasteiger partial charge in [0.15, 0.2) is 18.0 Å². The van der Waals surface area contributed by atoms with Crippen molar-refractivity contribution in [1.82, 2.24) is 0 Å². The van der Waals surface area contributed by atoms with Crippen LogP contribution >= 0.6 is 15.9 Å². The highest BCUT2D eigenvalue weighted by molar-refractivity contribution is 9.10. The number of nitrogens with zero attached hydrogens (tertiary/aromatic N) is 1. The zero-order valence-corrected chi connectivity index (χ0v) is 16.5. The minimum Gasteiger partial charge on any atom is -0.849 e. The molecule has 6 nitrogen and oxygen atoms in total. The van der Waals surface area contributed by atoms with Gasteiger partial charge in [-0.25, -0.2) is 0 Å². The summed E-state index contributed by atoms with van der Waals surface area (Å²) < 4.78 is 13.3. The molecule has 0 radical (unpaired) electrons. The van der Waals surface area contributed by atoms with E-state index in [0.29, 0.717) is 23.2 Å². The van der Waals surface area contributed by atoms with Gasteiger partial charge < -0.3 is 24.8 Å². The maximum absolute atomic E-state index is 12.1. The first-order valence-corrected chi connectivity index (χ1v) is 9.61. The predicted molar refractivity (Wildman–Crippen MR) is 97.8 cm³/mol. The molecule has 1 aromatic carbocycles. The SMILES string of the molecule is COc1cc(Br)c2c3c1O[C@H]1C[C@@H]([O-])C=CC31CC[N+](C)(CC(N)=O)C2.